The molecule has 2 aromatic rings. The molecule has 0 spiro atoms. The average Bonchev–Trinajstić information content (AvgIpc) is 2.69. The number of aryl methyl sites for hydroxylation is 2. The van der Waals surface area contributed by atoms with Crippen LogP contribution in [0.15, 0.2) is 18.2 Å². The number of nitrogens with one attached hydrogen (secondary N) is 1. The Labute approximate surface area is 124 Å². The van der Waals surface area contributed by atoms with Crippen LogP contribution < -0.4 is 0 Å². The van der Waals surface area contributed by atoms with E-state index in [1.165, 1.54) is 0 Å². The van der Waals surface area contributed by atoms with E-state index in [-0.39, 0.29) is 0 Å². The van der Waals surface area contributed by atoms with Gasteiger partial charge in [0.25, 0.3) is 0 Å². The zero-order chi connectivity index (χ0) is 15.8. The van der Waals surface area contributed by atoms with Gasteiger partial charge in [-0.25, -0.2) is 4.79 Å². The van der Waals surface area contributed by atoms with Crippen LogP contribution in [0.1, 0.15) is 42.4 Å². The minimum absolute atomic E-state index is 0.408. The molecule has 4 nitrogen and oxygen atoms in total. The molecule has 1 aromatic carbocycles. The largest absolute Gasteiger partial charge is 0.443 e. The van der Waals surface area contributed by atoms with Crippen molar-refractivity contribution in [3.8, 4) is 6.07 Å². The Balaban J connectivity index is 2.32. The molecule has 0 aliphatic rings. The fraction of sp³-hybridized carbons (Fsp3) is 0.412. The normalized spacial score (nSPS) is 13.0. The summed E-state index contributed by atoms with van der Waals surface area (Å²) in [6.45, 7) is 9.63. The predicted octanol–water partition coefficient (Wildman–Crippen LogP) is 3.88. The summed E-state index contributed by atoms with van der Waals surface area (Å²) in [6, 6.07) is 7.44. The lowest BCUT2D eigenvalue weighted by Gasteiger charge is -2.24. The van der Waals surface area contributed by atoms with Gasteiger partial charge in [0.2, 0.25) is 0 Å². The summed E-state index contributed by atoms with van der Waals surface area (Å²) in [6.07, 6.45) is -0.769. The van der Waals surface area contributed by atoms with Crippen LogP contribution in [0, 0.1) is 30.6 Å². The number of nitrogens with zero attached hydrogens (tertiary/aromatic N) is 1. The molecule has 1 heterocycles. The van der Waals surface area contributed by atoms with Gasteiger partial charge in [-0.2, -0.15) is 5.26 Å². The van der Waals surface area contributed by atoms with Crippen molar-refractivity contribution in [2.24, 2.45) is 5.41 Å². The minimum Gasteiger partial charge on any atom is -0.443 e. The van der Waals surface area contributed by atoms with Crippen molar-refractivity contribution in [1.82, 2.24) is 4.98 Å². The first kappa shape index (κ1) is 15.1. The molecule has 0 saturated carbocycles. The SMILES string of the molecule is Cc1[nH]c2ccc(C(=O)O[C@H](C#N)C(C)(C)C)cc2c1C. The quantitative estimate of drug-likeness (QED) is 0.851. The molecule has 21 heavy (non-hydrogen) atoms. The number of ether oxygens (including phenoxy) is 1. The zero-order valence-electron chi connectivity index (χ0n) is 13.1. The topological polar surface area (TPSA) is 65.9 Å². The van der Waals surface area contributed by atoms with Crippen LogP contribution in [0.2, 0.25) is 0 Å². The number of hydrogen-bond donors (Lipinski definition) is 1. The van der Waals surface area contributed by atoms with E-state index in [1.807, 2.05) is 52.8 Å². The molecule has 0 aliphatic heterocycles. The van der Waals surface area contributed by atoms with Crippen molar-refractivity contribution in [3.05, 3.63) is 35.0 Å². The van der Waals surface area contributed by atoms with Gasteiger partial charge in [0.1, 0.15) is 6.07 Å². The second-order valence-electron chi connectivity index (χ2n) is 6.42. The van der Waals surface area contributed by atoms with Gasteiger partial charge in [-0.05, 0) is 37.6 Å². The van der Waals surface area contributed by atoms with Crippen LogP contribution in [0.3, 0.4) is 0 Å². The van der Waals surface area contributed by atoms with Gasteiger partial charge >= 0.3 is 5.97 Å². The van der Waals surface area contributed by atoms with Crippen LogP contribution in [0.25, 0.3) is 10.9 Å². The predicted molar refractivity (Wildman–Crippen MR) is 82.0 cm³/mol. The van der Waals surface area contributed by atoms with E-state index in [0.29, 0.717) is 5.56 Å². The lowest BCUT2D eigenvalue weighted by molar-refractivity contribution is 0.0173. The Morgan fingerprint density at radius 1 is 1.33 bits per heavy atom. The monoisotopic (exact) mass is 284 g/mol. The summed E-state index contributed by atoms with van der Waals surface area (Å²) < 4.78 is 5.34. The van der Waals surface area contributed by atoms with Crippen LogP contribution in [0.5, 0.6) is 0 Å². The molecular weight excluding hydrogens is 264 g/mol. The number of benzene rings is 1. The lowest BCUT2D eigenvalue weighted by atomic mass is 9.90. The van der Waals surface area contributed by atoms with E-state index in [1.54, 1.807) is 6.07 Å². The van der Waals surface area contributed by atoms with Gasteiger partial charge in [0.05, 0.1) is 5.56 Å². The Morgan fingerprint density at radius 2 is 2.00 bits per heavy atom. The Kier molecular flexibility index (Phi) is 3.78. The summed E-state index contributed by atoms with van der Waals surface area (Å²) in [5, 5.41) is 10.2. The molecule has 0 aliphatic carbocycles. The maximum Gasteiger partial charge on any atom is 0.339 e. The molecule has 1 N–H and O–H groups in total. The molecule has 0 unspecified atom stereocenters. The summed E-state index contributed by atoms with van der Waals surface area (Å²) in [7, 11) is 0. The van der Waals surface area contributed by atoms with Gasteiger partial charge in [-0.1, -0.05) is 20.8 Å². The molecule has 1 aromatic heterocycles. The molecule has 1 atom stereocenters. The number of hydrogen-bond acceptors (Lipinski definition) is 3. The first-order chi connectivity index (χ1) is 9.74. The number of aromatic nitrogens is 1. The van der Waals surface area contributed by atoms with Crippen LogP contribution in [0.4, 0.5) is 0 Å². The number of aromatic amines is 1. The van der Waals surface area contributed by atoms with Crippen molar-refractivity contribution in [2.75, 3.05) is 0 Å². The van der Waals surface area contributed by atoms with Crippen LogP contribution in [-0.4, -0.2) is 17.1 Å². The highest BCUT2D eigenvalue weighted by Gasteiger charge is 2.28. The number of esters is 1. The van der Waals surface area contributed by atoms with Gasteiger partial charge in [0.15, 0.2) is 6.10 Å². The first-order valence-electron chi connectivity index (χ1n) is 6.93. The Morgan fingerprint density at radius 3 is 2.57 bits per heavy atom. The zero-order valence-corrected chi connectivity index (χ0v) is 13.1. The number of carbonyl (C=O) groups is 1. The van der Waals surface area contributed by atoms with E-state index >= 15 is 0 Å². The summed E-state index contributed by atoms with van der Waals surface area (Å²) in [4.78, 5) is 15.5. The van der Waals surface area contributed by atoms with Crippen molar-refractivity contribution in [1.29, 1.82) is 5.26 Å². The third-order valence-corrected chi connectivity index (χ3v) is 3.67. The smallest absolute Gasteiger partial charge is 0.339 e. The van der Waals surface area contributed by atoms with E-state index < -0.39 is 17.5 Å². The highest BCUT2D eigenvalue weighted by molar-refractivity contribution is 5.96. The molecule has 0 bridgehead atoms. The number of fused-ring (bicyclic) bond motifs is 1. The van der Waals surface area contributed by atoms with E-state index in [2.05, 4.69) is 4.98 Å². The summed E-state index contributed by atoms with van der Waals surface area (Å²) >= 11 is 0. The van der Waals surface area contributed by atoms with Crippen LogP contribution in [-0.2, 0) is 4.74 Å². The summed E-state index contributed by atoms with van der Waals surface area (Å²) in [5.74, 6) is -0.461. The number of H-pyrrole nitrogens is 1. The van der Waals surface area contributed by atoms with Crippen molar-refractivity contribution >= 4 is 16.9 Å². The Hall–Kier alpha value is -2.28. The number of rotatable bonds is 2. The van der Waals surface area contributed by atoms with Crippen LogP contribution >= 0.6 is 0 Å². The second kappa shape index (κ2) is 5.25. The fourth-order valence-electron chi connectivity index (χ4n) is 2.16. The van der Waals surface area contributed by atoms with Crippen molar-refractivity contribution in [3.63, 3.8) is 0 Å². The second-order valence-corrected chi connectivity index (χ2v) is 6.42. The molecule has 0 amide bonds. The number of carbonyl (C=O) groups excluding carboxylic acids is 1. The van der Waals surface area contributed by atoms with Crippen molar-refractivity contribution < 1.29 is 9.53 Å². The minimum atomic E-state index is -0.769. The van der Waals surface area contributed by atoms with Gasteiger partial charge in [-0.15, -0.1) is 0 Å². The molecule has 0 radical (unpaired) electrons. The van der Waals surface area contributed by atoms with E-state index in [0.717, 1.165) is 22.2 Å². The van der Waals surface area contributed by atoms with Gasteiger partial charge < -0.3 is 9.72 Å². The lowest BCUT2D eigenvalue weighted by Crippen LogP contribution is -2.30. The molecule has 4 heteroatoms. The van der Waals surface area contributed by atoms with E-state index in [4.69, 9.17) is 10.00 Å². The highest BCUT2D eigenvalue weighted by Crippen LogP contribution is 2.25. The number of nitriles is 1. The molecule has 0 saturated heterocycles. The summed E-state index contributed by atoms with van der Waals surface area (Å²) in [5.41, 5.74) is 3.26. The third-order valence-electron chi connectivity index (χ3n) is 3.67. The highest BCUT2D eigenvalue weighted by atomic mass is 16.5. The third kappa shape index (κ3) is 2.92. The fourth-order valence-corrected chi connectivity index (χ4v) is 2.16. The molecule has 0 fully saturated rings. The van der Waals surface area contributed by atoms with Gasteiger partial charge in [0, 0.05) is 22.0 Å². The molecule has 110 valence electrons. The van der Waals surface area contributed by atoms with Gasteiger partial charge in [-0.3, -0.25) is 0 Å². The maximum absolute atomic E-state index is 12.2. The average molecular weight is 284 g/mol. The standard InChI is InChI=1S/C17H20N2O2/c1-10-11(2)19-14-7-6-12(8-13(10)14)16(20)21-15(9-18)17(3,4)5/h6-8,15,19H,1-5H3/t15-/m1/s1. The first-order valence-corrected chi connectivity index (χ1v) is 6.93. The Bertz CT molecular complexity index is 730. The van der Waals surface area contributed by atoms with E-state index in [9.17, 15) is 4.79 Å². The molecule has 2 rings (SSSR count). The van der Waals surface area contributed by atoms with Crippen molar-refractivity contribution in [2.45, 2.75) is 40.7 Å². The maximum atomic E-state index is 12.2. The molecular formula is C17H20N2O2.